The predicted molar refractivity (Wildman–Crippen MR) is 88.2 cm³/mol. The van der Waals surface area contributed by atoms with Crippen molar-refractivity contribution in [2.24, 2.45) is 5.73 Å². The molecule has 0 aliphatic carbocycles. The molecule has 134 valence electrons. The highest BCUT2D eigenvalue weighted by atomic mass is 19.1. The summed E-state index contributed by atoms with van der Waals surface area (Å²) in [6.45, 7) is 1.87. The van der Waals surface area contributed by atoms with E-state index in [1.807, 2.05) is 6.92 Å². The summed E-state index contributed by atoms with van der Waals surface area (Å²) in [6.07, 6.45) is 2.99. The second-order valence-corrected chi connectivity index (χ2v) is 5.48. The van der Waals surface area contributed by atoms with Gasteiger partial charge >= 0.3 is 5.97 Å². The van der Waals surface area contributed by atoms with Crippen molar-refractivity contribution in [1.82, 2.24) is 10.5 Å². The van der Waals surface area contributed by atoms with Crippen LogP contribution in [0.4, 0.5) is 4.39 Å². The van der Waals surface area contributed by atoms with Gasteiger partial charge in [-0.3, -0.25) is 9.59 Å². The number of methoxy groups -OCH3 is 1. The fourth-order valence-electron chi connectivity index (χ4n) is 2.32. The van der Waals surface area contributed by atoms with Crippen molar-refractivity contribution < 1.29 is 23.2 Å². The van der Waals surface area contributed by atoms with Gasteiger partial charge in [-0.15, -0.1) is 0 Å². The fourth-order valence-corrected chi connectivity index (χ4v) is 2.32. The SMILES string of the molecule is CCCc1oncc1-c1cc(F)cc(C(=O)NC[C@@H](N)C(=O)OC)c1. The molecular weight excluding hydrogens is 329 g/mol. The summed E-state index contributed by atoms with van der Waals surface area (Å²) in [7, 11) is 1.20. The highest BCUT2D eigenvalue weighted by Crippen LogP contribution is 2.26. The maximum atomic E-state index is 13.9. The number of amides is 1. The van der Waals surface area contributed by atoms with E-state index < -0.39 is 23.7 Å². The molecule has 0 fully saturated rings. The molecule has 0 aliphatic rings. The van der Waals surface area contributed by atoms with E-state index in [0.717, 1.165) is 12.5 Å². The second kappa shape index (κ2) is 8.39. The van der Waals surface area contributed by atoms with E-state index in [2.05, 4.69) is 15.2 Å². The first-order valence-electron chi connectivity index (χ1n) is 7.82. The summed E-state index contributed by atoms with van der Waals surface area (Å²) in [5.41, 5.74) is 6.80. The number of nitrogens with zero attached hydrogens (tertiary/aromatic N) is 1. The number of esters is 1. The third-order valence-electron chi connectivity index (χ3n) is 3.58. The van der Waals surface area contributed by atoms with E-state index in [1.165, 1.54) is 25.4 Å². The molecule has 7 nitrogen and oxygen atoms in total. The molecule has 1 atom stereocenters. The number of ether oxygens (including phenoxy) is 1. The van der Waals surface area contributed by atoms with Crippen LogP contribution in [0.1, 0.15) is 29.5 Å². The van der Waals surface area contributed by atoms with Gasteiger partial charge in [-0.25, -0.2) is 4.39 Å². The highest BCUT2D eigenvalue weighted by Gasteiger charge is 2.17. The molecular formula is C17H20FN3O4. The van der Waals surface area contributed by atoms with Crippen LogP contribution in [-0.4, -0.2) is 36.7 Å². The average Bonchev–Trinajstić information content (AvgIpc) is 3.06. The molecule has 8 heteroatoms. The number of benzene rings is 1. The standard InChI is InChI=1S/C17H20FN3O4/c1-3-4-15-13(8-21-25-15)10-5-11(7-12(18)6-10)16(22)20-9-14(19)17(23)24-2/h5-8,14H,3-4,9,19H2,1-2H3,(H,20,22)/t14-/m1/s1. The molecule has 3 N–H and O–H groups in total. The second-order valence-electron chi connectivity index (χ2n) is 5.48. The third kappa shape index (κ3) is 4.63. The monoisotopic (exact) mass is 349 g/mol. The summed E-state index contributed by atoms with van der Waals surface area (Å²) in [5.74, 6) is -1.13. The van der Waals surface area contributed by atoms with Gasteiger partial charge in [0.25, 0.3) is 5.91 Å². The molecule has 2 aromatic rings. The Bertz CT molecular complexity index is 760. The van der Waals surface area contributed by atoms with Gasteiger partial charge in [-0.1, -0.05) is 12.1 Å². The lowest BCUT2D eigenvalue weighted by Gasteiger charge is -2.11. The zero-order valence-corrected chi connectivity index (χ0v) is 14.0. The molecule has 0 bridgehead atoms. The topological polar surface area (TPSA) is 107 Å². The minimum absolute atomic E-state index is 0.107. The lowest BCUT2D eigenvalue weighted by Crippen LogP contribution is -2.43. The minimum Gasteiger partial charge on any atom is -0.468 e. The number of carbonyl (C=O) groups is 2. The number of rotatable bonds is 7. The van der Waals surface area contributed by atoms with Crippen LogP contribution in [-0.2, 0) is 16.0 Å². The van der Waals surface area contributed by atoms with Crippen LogP contribution in [0.3, 0.4) is 0 Å². The molecule has 0 radical (unpaired) electrons. The molecule has 1 aromatic heterocycles. The number of hydrogen-bond donors (Lipinski definition) is 2. The predicted octanol–water partition coefficient (Wildman–Crippen LogP) is 1.66. The molecule has 25 heavy (non-hydrogen) atoms. The lowest BCUT2D eigenvalue weighted by atomic mass is 10.0. The maximum Gasteiger partial charge on any atom is 0.324 e. The minimum atomic E-state index is -0.990. The summed E-state index contributed by atoms with van der Waals surface area (Å²) in [4.78, 5) is 23.5. The molecule has 0 spiro atoms. The van der Waals surface area contributed by atoms with Crippen molar-refractivity contribution in [3.05, 3.63) is 41.5 Å². The molecule has 0 saturated heterocycles. The number of carbonyl (C=O) groups excluding carboxylic acids is 2. The van der Waals surface area contributed by atoms with Crippen molar-refractivity contribution >= 4 is 11.9 Å². The number of aryl methyl sites for hydroxylation is 1. The van der Waals surface area contributed by atoms with Crippen molar-refractivity contribution in [2.75, 3.05) is 13.7 Å². The van der Waals surface area contributed by atoms with E-state index in [0.29, 0.717) is 23.3 Å². The highest BCUT2D eigenvalue weighted by molar-refractivity contribution is 5.95. The number of aromatic nitrogens is 1. The van der Waals surface area contributed by atoms with Gasteiger partial charge in [0.05, 0.1) is 13.3 Å². The van der Waals surface area contributed by atoms with Gasteiger partial charge in [0.1, 0.15) is 17.6 Å². The van der Waals surface area contributed by atoms with Crippen LogP contribution in [0.15, 0.2) is 28.9 Å². The first-order valence-corrected chi connectivity index (χ1v) is 7.82. The van der Waals surface area contributed by atoms with Crippen LogP contribution in [0.5, 0.6) is 0 Å². The van der Waals surface area contributed by atoms with Crippen molar-refractivity contribution in [3.8, 4) is 11.1 Å². The molecule has 0 saturated carbocycles. The van der Waals surface area contributed by atoms with Gasteiger partial charge < -0.3 is 20.3 Å². The molecule has 1 heterocycles. The number of hydrogen-bond acceptors (Lipinski definition) is 6. The quantitative estimate of drug-likeness (QED) is 0.736. The van der Waals surface area contributed by atoms with E-state index in [4.69, 9.17) is 10.3 Å². The number of halogens is 1. The Balaban J connectivity index is 2.19. The summed E-state index contributed by atoms with van der Waals surface area (Å²) < 4.78 is 23.6. The Morgan fingerprint density at radius 1 is 1.40 bits per heavy atom. The summed E-state index contributed by atoms with van der Waals surface area (Å²) in [5, 5.41) is 6.23. The van der Waals surface area contributed by atoms with E-state index in [1.54, 1.807) is 0 Å². The summed E-state index contributed by atoms with van der Waals surface area (Å²) >= 11 is 0. The van der Waals surface area contributed by atoms with E-state index in [9.17, 15) is 14.0 Å². The molecule has 1 amide bonds. The Morgan fingerprint density at radius 2 is 2.16 bits per heavy atom. The Morgan fingerprint density at radius 3 is 2.84 bits per heavy atom. The molecule has 2 rings (SSSR count). The molecule has 0 aliphatic heterocycles. The summed E-state index contributed by atoms with van der Waals surface area (Å²) in [6, 6.07) is 2.96. The Kier molecular flexibility index (Phi) is 6.24. The number of nitrogens with one attached hydrogen (secondary N) is 1. The van der Waals surface area contributed by atoms with Gasteiger partial charge in [0.15, 0.2) is 0 Å². The van der Waals surface area contributed by atoms with Crippen LogP contribution < -0.4 is 11.1 Å². The van der Waals surface area contributed by atoms with Crippen LogP contribution in [0.25, 0.3) is 11.1 Å². The Labute approximate surface area is 144 Å². The van der Waals surface area contributed by atoms with Crippen LogP contribution >= 0.6 is 0 Å². The smallest absolute Gasteiger partial charge is 0.324 e. The van der Waals surface area contributed by atoms with E-state index >= 15 is 0 Å². The first-order chi connectivity index (χ1) is 12.0. The van der Waals surface area contributed by atoms with Gasteiger partial charge in [-0.05, 0) is 30.2 Å². The normalized spacial score (nSPS) is 11.8. The molecule has 1 aromatic carbocycles. The van der Waals surface area contributed by atoms with Crippen molar-refractivity contribution in [1.29, 1.82) is 0 Å². The van der Waals surface area contributed by atoms with Crippen LogP contribution in [0, 0.1) is 5.82 Å². The van der Waals surface area contributed by atoms with Gasteiger partial charge in [0, 0.05) is 24.1 Å². The zero-order chi connectivity index (χ0) is 18.4. The molecule has 0 unspecified atom stereocenters. The van der Waals surface area contributed by atoms with Gasteiger partial charge in [-0.2, -0.15) is 0 Å². The number of nitrogens with two attached hydrogens (primary N) is 1. The van der Waals surface area contributed by atoms with E-state index in [-0.39, 0.29) is 12.1 Å². The lowest BCUT2D eigenvalue weighted by molar-refractivity contribution is -0.141. The Hall–Kier alpha value is -2.74. The fraction of sp³-hybridized carbons (Fsp3) is 0.353. The largest absolute Gasteiger partial charge is 0.468 e. The van der Waals surface area contributed by atoms with Gasteiger partial charge in [0.2, 0.25) is 0 Å². The maximum absolute atomic E-state index is 13.9. The van der Waals surface area contributed by atoms with Crippen LogP contribution in [0.2, 0.25) is 0 Å². The van der Waals surface area contributed by atoms with Crippen molar-refractivity contribution in [3.63, 3.8) is 0 Å². The van der Waals surface area contributed by atoms with Crippen molar-refractivity contribution in [2.45, 2.75) is 25.8 Å². The third-order valence-corrected chi connectivity index (χ3v) is 3.58. The average molecular weight is 349 g/mol. The first kappa shape index (κ1) is 18.6. The zero-order valence-electron chi connectivity index (χ0n) is 14.0.